The lowest BCUT2D eigenvalue weighted by Gasteiger charge is -2.57. The summed E-state index contributed by atoms with van der Waals surface area (Å²) in [6.45, 7) is 7.04. The molecule has 0 spiro atoms. The quantitative estimate of drug-likeness (QED) is 0.490. The molecule has 0 aromatic heterocycles. The normalized spacial score (nSPS) is 31.7. The summed E-state index contributed by atoms with van der Waals surface area (Å²) in [5, 5.41) is 0. The summed E-state index contributed by atoms with van der Waals surface area (Å²) in [6.07, 6.45) is 13.7. The van der Waals surface area contributed by atoms with Gasteiger partial charge in [-0.05, 0) is 108 Å². The third-order valence-electron chi connectivity index (χ3n) is 8.57. The summed E-state index contributed by atoms with van der Waals surface area (Å²) in [5.41, 5.74) is 9.90. The average molecular weight is 397 g/mol. The molecule has 4 fully saturated rings. The second kappa shape index (κ2) is 6.59. The van der Waals surface area contributed by atoms with Gasteiger partial charge in [0, 0.05) is 0 Å². The molecule has 30 heavy (non-hydrogen) atoms. The van der Waals surface area contributed by atoms with Gasteiger partial charge in [-0.1, -0.05) is 74.9 Å². The molecule has 2 aromatic carbocycles. The molecule has 7 rings (SSSR count). The van der Waals surface area contributed by atoms with Crippen LogP contribution in [0.25, 0.3) is 17.2 Å². The van der Waals surface area contributed by atoms with Crippen molar-refractivity contribution in [3.63, 3.8) is 0 Å². The zero-order valence-electron chi connectivity index (χ0n) is 19.0. The van der Waals surface area contributed by atoms with E-state index in [2.05, 4.69) is 69.3 Å². The highest BCUT2D eigenvalue weighted by atomic mass is 14.6. The van der Waals surface area contributed by atoms with Crippen LogP contribution >= 0.6 is 0 Å². The maximum atomic E-state index is 2.50. The van der Waals surface area contributed by atoms with Gasteiger partial charge >= 0.3 is 0 Å². The molecule has 0 amide bonds. The molecular formula is C30H36. The topological polar surface area (TPSA) is 0 Å². The highest BCUT2D eigenvalue weighted by Gasteiger charge is 2.51. The first-order valence-electron chi connectivity index (χ1n) is 12.3. The van der Waals surface area contributed by atoms with E-state index in [0.29, 0.717) is 10.8 Å². The number of hydrogen-bond acceptors (Lipinski definition) is 0. The molecule has 0 heteroatoms. The van der Waals surface area contributed by atoms with Crippen LogP contribution < -0.4 is 0 Å². The van der Waals surface area contributed by atoms with Gasteiger partial charge in [0.1, 0.15) is 0 Å². The Kier molecular flexibility index (Phi) is 4.15. The Hall–Kier alpha value is -1.82. The van der Waals surface area contributed by atoms with Crippen molar-refractivity contribution >= 4 is 6.08 Å². The van der Waals surface area contributed by atoms with Gasteiger partial charge in [-0.3, -0.25) is 0 Å². The van der Waals surface area contributed by atoms with Crippen molar-refractivity contribution in [2.24, 2.45) is 23.2 Å². The number of hydrogen-bond donors (Lipinski definition) is 0. The first-order chi connectivity index (χ1) is 14.4. The summed E-state index contributed by atoms with van der Waals surface area (Å²) in [4.78, 5) is 0. The van der Waals surface area contributed by atoms with E-state index in [4.69, 9.17) is 0 Å². The SMILES string of the molecule is CC(C)(C)CC1=Cc2c(cccc2-c2ccc(C34CC5CC(CC(C5)C3)C4)cc2)C1. The third-order valence-corrected chi connectivity index (χ3v) is 8.57. The Morgan fingerprint density at radius 2 is 1.47 bits per heavy atom. The summed E-state index contributed by atoms with van der Waals surface area (Å²) < 4.78 is 0. The third kappa shape index (κ3) is 3.19. The molecule has 0 N–H and O–H groups in total. The predicted octanol–water partition coefficient (Wildman–Crippen LogP) is 8.20. The van der Waals surface area contributed by atoms with Crippen LogP contribution in [0.3, 0.4) is 0 Å². The van der Waals surface area contributed by atoms with E-state index in [1.165, 1.54) is 67.2 Å². The molecule has 0 atom stereocenters. The Bertz CT molecular complexity index is 960. The van der Waals surface area contributed by atoms with Crippen molar-refractivity contribution in [1.82, 2.24) is 0 Å². The maximum absolute atomic E-state index is 2.50. The van der Waals surface area contributed by atoms with Gasteiger partial charge in [0.05, 0.1) is 0 Å². The van der Waals surface area contributed by atoms with E-state index in [1.807, 2.05) is 0 Å². The highest BCUT2D eigenvalue weighted by molar-refractivity contribution is 5.81. The zero-order valence-corrected chi connectivity index (χ0v) is 19.0. The van der Waals surface area contributed by atoms with Crippen LogP contribution in [0.15, 0.2) is 48.0 Å². The molecule has 0 nitrogen and oxygen atoms in total. The van der Waals surface area contributed by atoms with Crippen LogP contribution in [0.4, 0.5) is 0 Å². The van der Waals surface area contributed by atoms with Crippen molar-refractivity contribution in [3.05, 3.63) is 64.7 Å². The summed E-state index contributed by atoms with van der Waals surface area (Å²) in [7, 11) is 0. The Balaban J connectivity index is 1.31. The lowest BCUT2D eigenvalue weighted by Crippen LogP contribution is -2.48. The molecule has 2 aromatic rings. The van der Waals surface area contributed by atoms with E-state index in [1.54, 1.807) is 11.1 Å². The first kappa shape index (κ1) is 18.9. The van der Waals surface area contributed by atoms with E-state index in [9.17, 15) is 0 Å². The fourth-order valence-corrected chi connectivity index (χ4v) is 7.95. The molecule has 156 valence electrons. The molecule has 4 bridgehead atoms. The Morgan fingerprint density at radius 3 is 2.07 bits per heavy atom. The molecule has 4 saturated carbocycles. The van der Waals surface area contributed by atoms with Crippen LogP contribution in [0, 0.1) is 23.2 Å². The van der Waals surface area contributed by atoms with Crippen molar-refractivity contribution < 1.29 is 0 Å². The lowest BCUT2D eigenvalue weighted by atomic mass is 9.48. The van der Waals surface area contributed by atoms with Gasteiger partial charge in [0.15, 0.2) is 0 Å². The molecule has 0 heterocycles. The molecule has 0 aliphatic heterocycles. The molecular weight excluding hydrogens is 360 g/mol. The van der Waals surface area contributed by atoms with Gasteiger partial charge in [0.25, 0.3) is 0 Å². The molecule has 0 saturated heterocycles. The maximum Gasteiger partial charge on any atom is -0.00391 e. The second-order valence-corrected chi connectivity index (χ2v) is 12.4. The minimum absolute atomic E-state index is 0.355. The summed E-state index contributed by atoms with van der Waals surface area (Å²) in [6, 6.07) is 16.8. The number of allylic oxidation sites excluding steroid dienone is 1. The lowest BCUT2D eigenvalue weighted by molar-refractivity contribution is -0.00518. The fraction of sp³-hybridized carbons (Fsp3) is 0.533. The van der Waals surface area contributed by atoms with Gasteiger partial charge in [-0.15, -0.1) is 0 Å². The predicted molar refractivity (Wildman–Crippen MR) is 127 cm³/mol. The Labute approximate surface area is 182 Å². The summed E-state index contributed by atoms with van der Waals surface area (Å²) in [5.74, 6) is 3.04. The number of benzene rings is 2. The van der Waals surface area contributed by atoms with E-state index in [-0.39, 0.29) is 0 Å². The van der Waals surface area contributed by atoms with Crippen LogP contribution in [-0.4, -0.2) is 0 Å². The average Bonchev–Trinajstić information content (AvgIpc) is 3.07. The van der Waals surface area contributed by atoms with Crippen molar-refractivity contribution in [1.29, 1.82) is 0 Å². The largest absolute Gasteiger partial charge is 0.0647 e. The van der Waals surface area contributed by atoms with Crippen LogP contribution in [0.2, 0.25) is 0 Å². The minimum atomic E-state index is 0.355. The van der Waals surface area contributed by atoms with Gasteiger partial charge in [0.2, 0.25) is 0 Å². The van der Waals surface area contributed by atoms with Crippen LogP contribution in [-0.2, 0) is 11.8 Å². The second-order valence-electron chi connectivity index (χ2n) is 12.4. The molecule has 0 unspecified atom stereocenters. The van der Waals surface area contributed by atoms with Gasteiger partial charge < -0.3 is 0 Å². The van der Waals surface area contributed by atoms with Crippen LogP contribution in [0.5, 0.6) is 0 Å². The summed E-state index contributed by atoms with van der Waals surface area (Å²) >= 11 is 0. The zero-order chi connectivity index (χ0) is 20.5. The minimum Gasteiger partial charge on any atom is -0.0647 e. The van der Waals surface area contributed by atoms with Crippen LogP contribution in [0.1, 0.15) is 82.4 Å². The molecule has 5 aliphatic rings. The van der Waals surface area contributed by atoms with Crippen molar-refractivity contribution in [3.8, 4) is 11.1 Å². The van der Waals surface area contributed by atoms with E-state index >= 15 is 0 Å². The molecule has 0 radical (unpaired) electrons. The highest BCUT2D eigenvalue weighted by Crippen LogP contribution is 2.60. The smallest absolute Gasteiger partial charge is 0.00391 e. The monoisotopic (exact) mass is 396 g/mol. The van der Waals surface area contributed by atoms with E-state index in [0.717, 1.165) is 24.2 Å². The van der Waals surface area contributed by atoms with E-state index < -0.39 is 0 Å². The fourth-order valence-electron chi connectivity index (χ4n) is 7.95. The van der Waals surface area contributed by atoms with Crippen molar-refractivity contribution in [2.45, 2.75) is 77.6 Å². The first-order valence-corrected chi connectivity index (χ1v) is 12.3. The number of fused-ring (bicyclic) bond motifs is 1. The number of rotatable bonds is 3. The van der Waals surface area contributed by atoms with Gasteiger partial charge in [-0.2, -0.15) is 0 Å². The molecule has 5 aliphatic carbocycles. The van der Waals surface area contributed by atoms with Gasteiger partial charge in [-0.25, -0.2) is 0 Å². The van der Waals surface area contributed by atoms with Crippen molar-refractivity contribution in [2.75, 3.05) is 0 Å². The standard InChI is InChI=1S/C30H36/c1-29(2,3)16-23-14-25-5-4-6-27(28(25)15-23)24-7-9-26(10-8-24)30-17-20-11-21(18-30)13-22(12-20)19-30/h4-10,15,20-22H,11-14,16-19H2,1-3H3. The Morgan fingerprint density at radius 1 is 0.833 bits per heavy atom.